The minimum absolute atomic E-state index is 0.563. The van der Waals surface area contributed by atoms with Crippen molar-refractivity contribution in [3.63, 3.8) is 0 Å². The van der Waals surface area contributed by atoms with Crippen LogP contribution in [0.15, 0.2) is 36.4 Å². The summed E-state index contributed by atoms with van der Waals surface area (Å²) in [6, 6.07) is 7.82. The molecule has 0 saturated heterocycles. The highest BCUT2D eigenvalue weighted by Gasteiger charge is 2.23. The SMILES string of the molecule is CC(O)C(NC(=O)/C=C/c1ccccc1)C(=O)O. The van der Waals surface area contributed by atoms with Crippen molar-refractivity contribution in [3.05, 3.63) is 42.0 Å². The van der Waals surface area contributed by atoms with Gasteiger partial charge in [0.15, 0.2) is 6.04 Å². The molecule has 96 valence electrons. The predicted octanol–water partition coefficient (Wildman–Crippen LogP) is 0.650. The van der Waals surface area contributed by atoms with Gasteiger partial charge in [0.2, 0.25) is 5.91 Å². The standard InChI is InChI=1S/C13H15NO4/c1-9(15)12(13(17)18)14-11(16)8-7-10-5-3-2-4-6-10/h2-9,12,15H,1H3,(H,14,16)(H,17,18)/b8-7+. The molecular weight excluding hydrogens is 234 g/mol. The number of benzene rings is 1. The summed E-state index contributed by atoms with van der Waals surface area (Å²) in [6.07, 6.45) is 1.64. The third-order valence-corrected chi connectivity index (χ3v) is 2.27. The van der Waals surface area contributed by atoms with E-state index in [1.807, 2.05) is 30.3 Å². The normalized spacial score (nSPS) is 14.1. The number of carboxylic acids is 1. The molecular formula is C13H15NO4. The molecule has 0 aliphatic carbocycles. The minimum Gasteiger partial charge on any atom is -0.480 e. The van der Waals surface area contributed by atoms with E-state index >= 15 is 0 Å². The van der Waals surface area contributed by atoms with E-state index in [1.165, 1.54) is 13.0 Å². The average Bonchev–Trinajstić information content (AvgIpc) is 2.34. The van der Waals surface area contributed by atoms with Crippen molar-refractivity contribution >= 4 is 18.0 Å². The van der Waals surface area contributed by atoms with Gasteiger partial charge in [0.05, 0.1) is 6.10 Å². The van der Waals surface area contributed by atoms with Crippen molar-refractivity contribution in [3.8, 4) is 0 Å². The van der Waals surface area contributed by atoms with E-state index in [9.17, 15) is 14.7 Å². The van der Waals surface area contributed by atoms with Crippen LogP contribution in [0.25, 0.3) is 6.08 Å². The first kappa shape index (κ1) is 13.9. The maximum Gasteiger partial charge on any atom is 0.328 e. The summed E-state index contributed by atoms with van der Waals surface area (Å²) >= 11 is 0. The molecule has 0 aliphatic rings. The first-order valence-corrected chi connectivity index (χ1v) is 5.45. The van der Waals surface area contributed by atoms with Crippen LogP contribution in [0.2, 0.25) is 0 Å². The zero-order valence-corrected chi connectivity index (χ0v) is 9.91. The quantitative estimate of drug-likeness (QED) is 0.669. The summed E-state index contributed by atoms with van der Waals surface area (Å²) < 4.78 is 0. The molecule has 0 aromatic heterocycles. The van der Waals surface area contributed by atoms with Crippen LogP contribution in [0.3, 0.4) is 0 Å². The monoisotopic (exact) mass is 249 g/mol. The van der Waals surface area contributed by atoms with Crippen LogP contribution in [0.1, 0.15) is 12.5 Å². The lowest BCUT2D eigenvalue weighted by Gasteiger charge is -2.15. The summed E-state index contributed by atoms with van der Waals surface area (Å²) in [5.41, 5.74) is 0.830. The molecule has 1 rings (SSSR count). The lowest BCUT2D eigenvalue weighted by atomic mass is 10.2. The number of aliphatic hydroxyl groups is 1. The van der Waals surface area contributed by atoms with Crippen molar-refractivity contribution in [1.82, 2.24) is 5.32 Å². The van der Waals surface area contributed by atoms with Gasteiger partial charge in [-0.3, -0.25) is 4.79 Å². The number of carbonyl (C=O) groups is 2. The fourth-order valence-electron chi connectivity index (χ4n) is 1.33. The molecule has 0 aliphatic heterocycles. The summed E-state index contributed by atoms with van der Waals surface area (Å²) in [7, 11) is 0. The highest BCUT2D eigenvalue weighted by atomic mass is 16.4. The van der Waals surface area contributed by atoms with Gasteiger partial charge in [0, 0.05) is 6.08 Å². The zero-order valence-electron chi connectivity index (χ0n) is 9.91. The average molecular weight is 249 g/mol. The van der Waals surface area contributed by atoms with Gasteiger partial charge >= 0.3 is 5.97 Å². The Morgan fingerprint density at radius 3 is 2.39 bits per heavy atom. The molecule has 1 amide bonds. The Morgan fingerprint density at radius 1 is 1.28 bits per heavy atom. The Balaban J connectivity index is 2.61. The smallest absolute Gasteiger partial charge is 0.328 e. The Bertz CT molecular complexity index is 440. The Morgan fingerprint density at radius 2 is 1.89 bits per heavy atom. The Labute approximate surface area is 105 Å². The molecule has 5 nitrogen and oxygen atoms in total. The van der Waals surface area contributed by atoms with E-state index in [2.05, 4.69) is 5.32 Å². The third-order valence-electron chi connectivity index (χ3n) is 2.27. The third kappa shape index (κ3) is 4.39. The van der Waals surface area contributed by atoms with E-state index < -0.39 is 24.0 Å². The molecule has 3 N–H and O–H groups in total. The largest absolute Gasteiger partial charge is 0.480 e. The molecule has 0 heterocycles. The fourth-order valence-corrected chi connectivity index (χ4v) is 1.33. The lowest BCUT2D eigenvalue weighted by Crippen LogP contribution is -2.47. The molecule has 1 aromatic rings. The van der Waals surface area contributed by atoms with Gasteiger partial charge in [-0.1, -0.05) is 30.3 Å². The molecule has 0 bridgehead atoms. The fraction of sp³-hybridized carbons (Fsp3) is 0.231. The van der Waals surface area contributed by atoms with Gasteiger partial charge in [0.25, 0.3) is 0 Å². The number of aliphatic carboxylic acids is 1. The van der Waals surface area contributed by atoms with Gasteiger partial charge < -0.3 is 15.5 Å². The summed E-state index contributed by atoms with van der Waals surface area (Å²) in [6.45, 7) is 1.31. The Hall–Kier alpha value is -2.14. The summed E-state index contributed by atoms with van der Waals surface area (Å²) in [4.78, 5) is 22.2. The van der Waals surface area contributed by atoms with Gasteiger partial charge in [-0.2, -0.15) is 0 Å². The number of hydrogen-bond donors (Lipinski definition) is 3. The molecule has 18 heavy (non-hydrogen) atoms. The topological polar surface area (TPSA) is 86.6 Å². The predicted molar refractivity (Wildman–Crippen MR) is 66.7 cm³/mol. The molecule has 1 aromatic carbocycles. The van der Waals surface area contributed by atoms with Crippen LogP contribution in [-0.4, -0.2) is 34.2 Å². The number of carboxylic acid groups (broad SMARTS) is 1. The zero-order chi connectivity index (χ0) is 13.5. The van der Waals surface area contributed by atoms with Gasteiger partial charge in [0.1, 0.15) is 0 Å². The number of amides is 1. The van der Waals surface area contributed by atoms with Crippen molar-refractivity contribution in [2.24, 2.45) is 0 Å². The highest BCUT2D eigenvalue weighted by molar-refractivity contribution is 5.94. The highest BCUT2D eigenvalue weighted by Crippen LogP contribution is 2.01. The first-order chi connectivity index (χ1) is 8.50. The van der Waals surface area contributed by atoms with Crippen LogP contribution < -0.4 is 5.32 Å². The molecule has 0 fully saturated rings. The number of rotatable bonds is 5. The number of carbonyl (C=O) groups excluding carboxylic acids is 1. The minimum atomic E-state index is -1.31. The van der Waals surface area contributed by atoms with Gasteiger partial charge in [-0.15, -0.1) is 0 Å². The van der Waals surface area contributed by atoms with Crippen LogP contribution in [0.4, 0.5) is 0 Å². The van der Waals surface area contributed by atoms with Gasteiger partial charge in [-0.25, -0.2) is 4.79 Å². The van der Waals surface area contributed by atoms with E-state index in [1.54, 1.807) is 6.08 Å². The summed E-state index contributed by atoms with van der Waals surface area (Å²) in [5, 5.41) is 20.2. The van der Waals surface area contributed by atoms with Crippen molar-refractivity contribution in [1.29, 1.82) is 0 Å². The van der Waals surface area contributed by atoms with E-state index in [4.69, 9.17) is 5.11 Å². The maximum absolute atomic E-state index is 11.5. The first-order valence-electron chi connectivity index (χ1n) is 5.45. The lowest BCUT2D eigenvalue weighted by molar-refractivity contribution is -0.144. The molecule has 0 spiro atoms. The van der Waals surface area contributed by atoms with Crippen LogP contribution in [0.5, 0.6) is 0 Å². The van der Waals surface area contributed by atoms with Crippen LogP contribution in [0, 0.1) is 0 Å². The molecule has 5 heteroatoms. The second-order valence-corrected chi connectivity index (χ2v) is 3.81. The summed E-state index contributed by atoms with van der Waals surface area (Å²) in [5.74, 6) is -1.83. The number of nitrogens with one attached hydrogen (secondary N) is 1. The molecule has 0 radical (unpaired) electrons. The van der Waals surface area contributed by atoms with Crippen molar-refractivity contribution in [2.45, 2.75) is 19.1 Å². The number of hydrogen-bond acceptors (Lipinski definition) is 3. The van der Waals surface area contributed by atoms with E-state index in [0.717, 1.165) is 5.56 Å². The molecule has 2 atom stereocenters. The molecule has 2 unspecified atom stereocenters. The molecule has 0 saturated carbocycles. The van der Waals surface area contributed by atoms with E-state index in [0.29, 0.717) is 0 Å². The van der Waals surface area contributed by atoms with E-state index in [-0.39, 0.29) is 0 Å². The van der Waals surface area contributed by atoms with Crippen molar-refractivity contribution in [2.75, 3.05) is 0 Å². The maximum atomic E-state index is 11.5. The van der Waals surface area contributed by atoms with Gasteiger partial charge in [-0.05, 0) is 18.6 Å². The van der Waals surface area contributed by atoms with Crippen molar-refractivity contribution < 1.29 is 19.8 Å². The second-order valence-electron chi connectivity index (χ2n) is 3.81. The second kappa shape index (κ2) is 6.56. The van der Waals surface area contributed by atoms with Crippen LogP contribution >= 0.6 is 0 Å². The Kier molecular flexibility index (Phi) is 5.07. The number of aliphatic hydroxyl groups excluding tert-OH is 1. The van der Waals surface area contributed by atoms with Crippen LogP contribution in [-0.2, 0) is 9.59 Å².